The Labute approximate surface area is 135 Å². The second-order valence-electron chi connectivity index (χ2n) is 1.69. The quantitative estimate of drug-likeness (QED) is 0.333. The summed E-state index contributed by atoms with van der Waals surface area (Å²) in [5.41, 5.74) is -1.92. The van der Waals surface area contributed by atoms with Crippen molar-refractivity contribution in [1.29, 1.82) is 0 Å². The van der Waals surface area contributed by atoms with Gasteiger partial charge in [0.05, 0.1) is 68.6 Å². The minimum atomic E-state index is -0.640. The zero-order valence-electron chi connectivity index (χ0n) is 6.20. The molecule has 0 aliphatic carbocycles. The van der Waals surface area contributed by atoms with Crippen LogP contribution in [0.5, 0.6) is 0 Å². The fourth-order valence-corrected chi connectivity index (χ4v) is 3.01. The Bertz CT molecular complexity index is 386. The molecule has 0 aromatic carbocycles. The third-order valence-electron chi connectivity index (χ3n) is 1.01. The molecular weight excluding hydrogens is 530 g/mol. The van der Waals surface area contributed by atoms with E-state index in [1.54, 1.807) is 0 Å². The molecule has 0 aliphatic rings. The van der Waals surface area contributed by atoms with Crippen molar-refractivity contribution in [1.82, 2.24) is 8.34 Å². The van der Waals surface area contributed by atoms with Crippen molar-refractivity contribution in [3.8, 4) is 0 Å². The summed E-state index contributed by atoms with van der Waals surface area (Å²) in [4.78, 5) is 33.2. The molecule has 0 saturated carbocycles. The smallest absolute Gasteiger partial charge is 0.246 e. The summed E-state index contributed by atoms with van der Waals surface area (Å²) in [7, 11) is 0. The molecule has 0 spiro atoms. The van der Waals surface area contributed by atoms with Crippen molar-refractivity contribution in [2.24, 2.45) is 0 Å². The van der Waals surface area contributed by atoms with Gasteiger partial charge in [-0.2, -0.15) is 8.34 Å². The third-order valence-corrected chi connectivity index (χ3v) is 3.48. The summed E-state index contributed by atoms with van der Waals surface area (Å²) >= 11 is 4.61. The number of hydrogen-bond acceptors (Lipinski definition) is 3. The van der Waals surface area contributed by atoms with Gasteiger partial charge in [0.25, 0.3) is 0 Å². The summed E-state index contributed by atoms with van der Waals surface area (Å²) < 4.78 is 2.49. The number of hydrogen-bond donors (Lipinski definition) is 0. The van der Waals surface area contributed by atoms with E-state index in [9.17, 15) is 14.4 Å². The van der Waals surface area contributed by atoms with E-state index < -0.39 is 17.1 Å². The maximum Gasteiger partial charge on any atom is 0.354 e. The monoisotopic (exact) mass is 530 g/mol. The maximum atomic E-state index is 11.1. The first-order chi connectivity index (χ1) is 5.46. The second kappa shape index (κ2) is 5.62. The Morgan fingerprint density at radius 3 is 1.00 bits per heavy atom. The molecule has 0 amide bonds. The summed E-state index contributed by atoms with van der Waals surface area (Å²) in [6.45, 7) is 0. The van der Waals surface area contributed by atoms with E-state index >= 15 is 0 Å². The van der Waals surface area contributed by atoms with Crippen LogP contribution in [0.25, 0.3) is 0 Å². The van der Waals surface area contributed by atoms with E-state index in [1.165, 1.54) is 68.6 Å². The number of halogens is 3. The van der Waals surface area contributed by atoms with Gasteiger partial charge in [-0.1, -0.05) is 0 Å². The van der Waals surface area contributed by atoms with Gasteiger partial charge in [0.2, 0.25) is 0 Å². The Morgan fingerprint density at radius 1 is 0.692 bits per heavy atom. The first-order valence-corrected chi connectivity index (χ1v) is 5.36. The zero-order chi connectivity index (χ0) is 9.46. The van der Waals surface area contributed by atoms with Gasteiger partial charge >= 0.3 is 17.1 Å². The fraction of sp³-hybridized carbons (Fsp3) is 0. The molecule has 0 atom stereocenters. The topological polar surface area (TPSA) is 66.0 Å². The van der Waals surface area contributed by atoms with Gasteiger partial charge in [-0.15, -0.1) is 0 Å². The van der Waals surface area contributed by atoms with Crippen LogP contribution >= 0.6 is 68.6 Å². The molecule has 0 bridgehead atoms. The van der Waals surface area contributed by atoms with E-state index in [1.807, 2.05) is 0 Å². The van der Waals surface area contributed by atoms with Crippen molar-refractivity contribution in [2.45, 2.75) is 0 Å². The summed E-state index contributed by atoms with van der Waals surface area (Å²) in [6, 6.07) is 0. The Hall–Kier alpha value is 1.60. The Kier molecular flexibility index (Phi) is 6.31. The molecule has 1 radical (unpaired) electrons. The minimum Gasteiger partial charge on any atom is -0.246 e. The van der Waals surface area contributed by atoms with Crippen LogP contribution in [-0.4, -0.2) is 37.9 Å². The van der Waals surface area contributed by atoms with Crippen molar-refractivity contribution >= 4 is 98.2 Å². The Balaban J connectivity index is 0.00000144. The molecular formula is C3I3N3NaO3. The predicted octanol–water partition coefficient (Wildman–Crippen LogP) is -0.615. The van der Waals surface area contributed by atoms with Gasteiger partial charge in [-0.25, -0.2) is 14.4 Å². The van der Waals surface area contributed by atoms with Crippen LogP contribution in [0.15, 0.2) is 14.4 Å². The van der Waals surface area contributed by atoms with Gasteiger partial charge in [0.15, 0.2) is 0 Å². The maximum absolute atomic E-state index is 11.1. The van der Waals surface area contributed by atoms with Crippen molar-refractivity contribution in [2.75, 3.05) is 0 Å². The number of aromatic nitrogens is 3. The van der Waals surface area contributed by atoms with Crippen LogP contribution in [0, 0.1) is 0 Å². The minimum absolute atomic E-state index is 0. The third kappa shape index (κ3) is 2.79. The van der Waals surface area contributed by atoms with Crippen LogP contribution in [-0.2, 0) is 0 Å². The second-order valence-corrected chi connectivity index (χ2v) is 4.58. The van der Waals surface area contributed by atoms with Crippen LogP contribution in [0.2, 0.25) is 0 Å². The standard InChI is InChI=1S/C3I3N3O3.Na/c4-7-1(10)8(5)3(12)9(6)2(7)11;. The molecule has 0 fully saturated rings. The molecule has 1 rings (SSSR count). The molecule has 0 N–H and O–H groups in total. The van der Waals surface area contributed by atoms with Gasteiger partial charge in [0, 0.05) is 29.6 Å². The number of nitrogens with zero attached hydrogens (tertiary/aromatic N) is 3. The van der Waals surface area contributed by atoms with Crippen LogP contribution in [0.1, 0.15) is 0 Å². The average Bonchev–Trinajstić information content (AvgIpc) is 2.08. The van der Waals surface area contributed by atoms with Gasteiger partial charge in [-0.05, 0) is 0 Å². The van der Waals surface area contributed by atoms with E-state index in [0.717, 1.165) is 8.34 Å². The average molecular weight is 530 g/mol. The Morgan fingerprint density at radius 2 is 0.846 bits per heavy atom. The SMILES string of the molecule is O=c1n(I)c(=O)n(I)c(=O)n1I.[Na]. The predicted molar refractivity (Wildman–Crippen MR) is 73.2 cm³/mol. The van der Waals surface area contributed by atoms with E-state index in [4.69, 9.17) is 0 Å². The van der Waals surface area contributed by atoms with Crippen molar-refractivity contribution < 1.29 is 0 Å². The summed E-state index contributed by atoms with van der Waals surface area (Å²) in [5.74, 6) is 0. The molecule has 0 unspecified atom stereocenters. The summed E-state index contributed by atoms with van der Waals surface area (Å²) in [5, 5.41) is 0. The first kappa shape index (κ1) is 14.6. The molecule has 1 aromatic rings. The molecule has 1 aromatic heterocycles. The van der Waals surface area contributed by atoms with E-state index in [0.29, 0.717) is 0 Å². The number of rotatable bonds is 0. The molecule has 13 heavy (non-hydrogen) atoms. The van der Waals surface area contributed by atoms with Gasteiger partial charge < -0.3 is 0 Å². The fourth-order valence-electron chi connectivity index (χ4n) is 0.477. The molecule has 0 aliphatic heterocycles. The van der Waals surface area contributed by atoms with E-state index in [2.05, 4.69) is 0 Å². The van der Waals surface area contributed by atoms with Crippen LogP contribution < -0.4 is 17.1 Å². The van der Waals surface area contributed by atoms with Crippen LogP contribution in [0.3, 0.4) is 0 Å². The normalized spacial score (nSPS) is 9.46. The van der Waals surface area contributed by atoms with Crippen molar-refractivity contribution in [3.05, 3.63) is 31.5 Å². The zero-order valence-corrected chi connectivity index (χ0v) is 14.7. The van der Waals surface area contributed by atoms with Gasteiger partial charge in [-0.3, -0.25) is 0 Å². The van der Waals surface area contributed by atoms with Crippen LogP contribution in [0.4, 0.5) is 0 Å². The van der Waals surface area contributed by atoms with Crippen molar-refractivity contribution in [3.63, 3.8) is 0 Å². The van der Waals surface area contributed by atoms with E-state index in [-0.39, 0.29) is 29.6 Å². The summed E-state index contributed by atoms with van der Waals surface area (Å²) in [6.07, 6.45) is 0. The molecule has 0 saturated heterocycles. The molecule has 67 valence electrons. The molecule has 10 heteroatoms. The molecule has 6 nitrogen and oxygen atoms in total. The largest absolute Gasteiger partial charge is 0.354 e. The first-order valence-electron chi connectivity index (χ1n) is 2.46. The molecule has 1 heterocycles. The van der Waals surface area contributed by atoms with Gasteiger partial charge in [0.1, 0.15) is 0 Å².